The average molecular weight is 396 g/mol. The minimum Gasteiger partial charge on any atom is -0.479 e. The zero-order chi connectivity index (χ0) is 20.7. The number of fused-ring (bicyclic) bond motifs is 1. The highest BCUT2D eigenvalue weighted by atomic mass is 16.5. The third-order valence-electron chi connectivity index (χ3n) is 5.92. The first-order valence-corrected chi connectivity index (χ1v) is 10.4. The van der Waals surface area contributed by atoms with Gasteiger partial charge in [-0.05, 0) is 40.7 Å². The number of nitrogens with one attached hydrogen (secondary N) is 1. The van der Waals surface area contributed by atoms with Crippen molar-refractivity contribution in [2.24, 2.45) is 5.41 Å². The van der Waals surface area contributed by atoms with Crippen molar-refractivity contribution in [2.75, 3.05) is 5.32 Å². The summed E-state index contributed by atoms with van der Waals surface area (Å²) in [5, 5.41) is 3.52. The fraction of sp³-hybridized carbons (Fsp3) is 0.222. The number of para-hydroxylation sites is 2. The number of carbonyl (C=O) groups excluding carboxylic acids is 1. The largest absolute Gasteiger partial charge is 0.479 e. The molecule has 5 rings (SSSR count). The molecule has 1 unspecified atom stereocenters. The molecular weight excluding hydrogens is 370 g/mol. The van der Waals surface area contributed by atoms with Crippen LogP contribution in [0.1, 0.15) is 38.4 Å². The first-order chi connectivity index (χ1) is 14.5. The lowest BCUT2D eigenvalue weighted by Crippen LogP contribution is -2.31. The second kappa shape index (κ2) is 7.17. The van der Waals surface area contributed by atoms with Gasteiger partial charge in [0, 0.05) is 12.1 Å². The van der Waals surface area contributed by atoms with Gasteiger partial charge in [-0.2, -0.15) is 0 Å². The Labute approximate surface area is 177 Å². The number of hydrogen-bond donors (Lipinski definition) is 1. The number of allylic oxidation sites excluding steroid dienone is 1. The van der Waals surface area contributed by atoms with Gasteiger partial charge in [0.25, 0.3) is 0 Å². The zero-order valence-corrected chi connectivity index (χ0v) is 17.3. The highest BCUT2D eigenvalue weighted by Crippen LogP contribution is 2.46. The van der Waals surface area contributed by atoms with Gasteiger partial charge in [0.1, 0.15) is 5.75 Å². The Bertz CT molecular complexity index is 1130. The quantitative estimate of drug-likeness (QED) is 0.535. The normalized spacial score (nSPS) is 19.8. The van der Waals surface area contributed by atoms with Gasteiger partial charge in [-0.3, -0.25) is 4.79 Å². The van der Waals surface area contributed by atoms with Gasteiger partial charge in [0.15, 0.2) is 11.9 Å². The molecule has 0 fully saturated rings. The third kappa shape index (κ3) is 3.41. The van der Waals surface area contributed by atoms with Crippen LogP contribution in [0.2, 0.25) is 0 Å². The molecule has 30 heavy (non-hydrogen) atoms. The fourth-order valence-corrected chi connectivity index (χ4v) is 4.49. The molecule has 0 bridgehead atoms. The Balaban J connectivity index is 1.59. The predicted molar refractivity (Wildman–Crippen MR) is 120 cm³/mol. The summed E-state index contributed by atoms with van der Waals surface area (Å²) in [4.78, 5) is 13.2. The highest BCUT2D eigenvalue weighted by Gasteiger charge is 2.39. The number of rotatable bonds is 2. The smallest absolute Gasteiger partial charge is 0.165 e. The Hall–Kier alpha value is -3.33. The molecule has 3 aromatic carbocycles. The van der Waals surface area contributed by atoms with E-state index in [1.807, 2.05) is 42.5 Å². The van der Waals surface area contributed by atoms with Crippen molar-refractivity contribution in [3.63, 3.8) is 0 Å². The maximum atomic E-state index is 13.2. The van der Waals surface area contributed by atoms with Crippen molar-refractivity contribution in [3.8, 4) is 16.9 Å². The summed E-state index contributed by atoms with van der Waals surface area (Å²) in [5.74, 6) is 0.938. The van der Waals surface area contributed by atoms with E-state index in [1.165, 1.54) is 5.56 Å². The lowest BCUT2D eigenvalue weighted by atomic mass is 9.74. The molecular formula is C27H25NO2. The number of hydrogen-bond acceptors (Lipinski definition) is 3. The SMILES string of the molecule is CC1(C)CC(=O)C2=C(C1)Nc1ccccc1OC2c1ccc(-c2ccccc2)cc1. The standard InChI is InChI=1S/C27H25NO2/c1-27(2)16-22-25(23(29)17-27)26(30-24-11-7-6-10-21(24)28-22)20-14-12-19(13-15-20)18-8-4-3-5-9-18/h3-15,26,28H,16-17H2,1-2H3. The number of Topliss-reactive ketones (excluding diaryl/α,β-unsaturated/α-hetero) is 1. The fourth-order valence-electron chi connectivity index (χ4n) is 4.49. The minimum absolute atomic E-state index is 0.0656. The summed E-state index contributed by atoms with van der Waals surface area (Å²) in [7, 11) is 0. The molecule has 0 spiro atoms. The second-order valence-electron chi connectivity index (χ2n) is 8.94. The molecule has 1 N–H and O–H groups in total. The highest BCUT2D eigenvalue weighted by molar-refractivity contribution is 5.99. The summed E-state index contributed by atoms with van der Waals surface area (Å²) in [6.07, 6.45) is 0.945. The van der Waals surface area contributed by atoms with Crippen LogP contribution in [0.25, 0.3) is 11.1 Å². The lowest BCUT2D eigenvalue weighted by Gasteiger charge is -2.33. The Morgan fingerprint density at radius 3 is 2.27 bits per heavy atom. The predicted octanol–water partition coefficient (Wildman–Crippen LogP) is 6.54. The lowest BCUT2D eigenvalue weighted by molar-refractivity contribution is -0.119. The number of ether oxygens (including phenoxy) is 1. The van der Waals surface area contributed by atoms with E-state index < -0.39 is 6.10 Å². The summed E-state index contributed by atoms with van der Waals surface area (Å²) in [6.45, 7) is 4.30. The van der Waals surface area contributed by atoms with E-state index in [1.54, 1.807) is 0 Å². The summed E-state index contributed by atoms with van der Waals surface area (Å²) < 4.78 is 6.46. The van der Waals surface area contributed by atoms with Crippen LogP contribution in [0.15, 0.2) is 90.1 Å². The molecule has 0 radical (unpaired) electrons. The zero-order valence-electron chi connectivity index (χ0n) is 17.3. The van der Waals surface area contributed by atoms with Gasteiger partial charge >= 0.3 is 0 Å². The van der Waals surface area contributed by atoms with Crippen molar-refractivity contribution in [1.29, 1.82) is 0 Å². The van der Waals surface area contributed by atoms with Crippen molar-refractivity contribution >= 4 is 11.5 Å². The van der Waals surface area contributed by atoms with Gasteiger partial charge in [-0.1, -0.05) is 80.6 Å². The van der Waals surface area contributed by atoms with E-state index in [0.717, 1.165) is 40.3 Å². The Morgan fingerprint density at radius 1 is 0.833 bits per heavy atom. The molecule has 3 heteroatoms. The van der Waals surface area contributed by atoms with Gasteiger partial charge in [0.2, 0.25) is 0 Å². The molecule has 0 amide bonds. The number of carbonyl (C=O) groups is 1. The first-order valence-electron chi connectivity index (χ1n) is 10.4. The van der Waals surface area contributed by atoms with Crippen molar-refractivity contribution in [3.05, 3.63) is 95.7 Å². The number of anilines is 1. The molecule has 2 aliphatic rings. The third-order valence-corrected chi connectivity index (χ3v) is 5.92. The first kappa shape index (κ1) is 18.7. The topological polar surface area (TPSA) is 38.3 Å². The molecule has 1 aliphatic carbocycles. The van der Waals surface area contributed by atoms with Crippen LogP contribution in [0.5, 0.6) is 5.75 Å². The monoisotopic (exact) mass is 395 g/mol. The van der Waals surface area contributed by atoms with Crippen molar-refractivity contribution < 1.29 is 9.53 Å². The van der Waals surface area contributed by atoms with Crippen LogP contribution < -0.4 is 10.1 Å². The molecule has 1 heterocycles. The number of ketones is 1. The Kier molecular flexibility index (Phi) is 4.47. The van der Waals surface area contributed by atoms with E-state index >= 15 is 0 Å². The molecule has 0 saturated heterocycles. The molecule has 1 atom stereocenters. The summed E-state index contributed by atoms with van der Waals surface area (Å²) >= 11 is 0. The van der Waals surface area contributed by atoms with Gasteiger partial charge in [0.05, 0.1) is 11.3 Å². The van der Waals surface area contributed by atoms with E-state index in [0.29, 0.717) is 6.42 Å². The number of benzene rings is 3. The maximum absolute atomic E-state index is 13.2. The van der Waals surface area contributed by atoms with Gasteiger partial charge < -0.3 is 10.1 Å². The van der Waals surface area contributed by atoms with E-state index in [4.69, 9.17) is 4.74 Å². The second-order valence-corrected chi connectivity index (χ2v) is 8.94. The van der Waals surface area contributed by atoms with Crippen molar-refractivity contribution in [2.45, 2.75) is 32.8 Å². The molecule has 0 saturated carbocycles. The molecule has 3 nitrogen and oxygen atoms in total. The van der Waals surface area contributed by atoms with E-state index in [-0.39, 0.29) is 11.2 Å². The summed E-state index contributed by atoms with van der Waals surface area (Å²) in [5.41, 5.74) is 5.92. The van der Waals surface area contributed by atoms with E-state index in [9.17, 15) is 4.79 Å². The summed E-state index contributed by atoms with van der Waals surface area (Å²) in [6, 6.07) is 26.6. The van der Waals surface area contributed by atoms with Crippen LogP contribution in [-0.4, -0.2) is 5.78 Å². The van der Waals surface area contributed by atoms with Crippen molar-refractivity contribution in [1.82, 2.24) is 0 Å². The average Bonchev–Trinajstić information content (AvgIpc) is 2.90. The molecule has 1 aliphatic heterocycles. The Morgan fingerprint density at radius 2 is 1.50 bits per heavy atom. The molecule has 3 aromatic rings. The van der Waals surface area contributed by atoms with Gasteiger partial charge in [-0.25, -0.2) is 0 Å². The van der Waals surface area contributed by atoms with Crippen LogP contribution in [0.4, 0.5) is 5.69 Å². The van der Waals surface area contributed by atoms with Crippen LogP contribution in [-0.2, 0) is 4.79 Å². The van der Waals surface area contributed by atoms with E-state index in [2.05, 4.69) is 55.6 Å². The van der Waals surface area contributed by atoms with Crippen LogP contribution in [0.3, 0.4) is 0 Å². The van der Waals surface area contributed by atoms with Crippen LogP contribution in [0, 0.1) is 5.41 Å². The molecule has 0 aromatic heterocycles. The minimum atomic E-state index is -0.412. The van der Waals surface area contributed by atoms with Crippen LogP contribution >= 0.6 is 0 Å². The molecule has 150 valence electrons. The van der Waals surface area contributed by atoms with Gasteiger partial charge in [-0.15, -0.1) is 0 Å². The maximum Gasteiger partial charge on any atom is 0.165 e.